The van der Waals surface area contributed by atoms with Crippen molar-refractivity contribution >= 4 is 17.7 Å². The number of rotatable bonds is 10. The van der Waals surface area contributed by atoms with Gasteiger partial charge in [0.05, 0.1) is 11.7 Å². The summed E-state index contributed by atoms with van der Waals surface area (Å²) in [4.78, 5) is 0. The van der Waals surface area contributed by atoms with Crippen molar-refractivity contribution in [3.63, 3.8) is 0 Å². The molecule has 3 nitrogen and oxygen atoms in total. The third kappa shape index (κ3) is 6.16. The van der Waals surface area contributed by atoms with E-state index in [0.717, 1.165) is 56.1 Å². The molecule has 1 atom stereocenters. The maximum atomic E-state index is 6.12. The summed E-state index contributed by atoms with van der Waals surface area (Å²) in [5, 5.41) is 3.43. The van der Waals surface area contributed by atoms with E-state index in [1.807, 2.05) is 49.6 Å². The second-order valence-electron chi connectivity index (χ2n) is 10.4. The molecule has 42 heavy (non-hydrogen) atoms. The molecule has 0 aliphatic carbocycles. The molecule has 3 heteroatoms. The molecule has 4 rings (SSSR count). The first kappa shape index (κ1) is 30.0. The van der Waals surface area contributed by atoms with Gasteiger partial charge in [0, 0.05) is 23.1 Å². The topological polar surface area (TPSA) is 43.0 Å². The Morgan fingerprint density at radius 3 is 2.40 bits per heavy atom. The van der Waals surface area contributed by atoms with E-state index >= 15 is 0 Å². The van der Waals surface area contributed by atoms with Crippen molar-refractivity contribution in [3.05, 3.63) is 168 Å². The zero-order valence-corrected chi connectivity index (χ0v) is 25.2. The molecule has 0 fully saturated rings. The van der Waals surface area contributed by atoms with E-state index in [1.165, 1.54) is 11.1 Å². The summed E-state index contributed by atoms with van der Waals surface area (Å²) in [6.07, 6.45) is 22.0. The predicted octanol–water partition coefficient (Wildman–Crippen LogP) is 9.39. The average Bonchev–Trinajstić information content (AvgIpc) is 3.27. The van der Waals surface area contributed by atoms with Crippen LogP contribution in [0.1, 0.15) is 41.8 Å². The quantitative estimate of drug-likeness (QED) is 0.247. The normalized spacial score (nSPS) is 15.6. The monoisotopic (exact) mass is 551 g/mol. The van der Waals surface area contributed by atoms with Gasteiger partial charge >= 0.3 is 0 Å². The van der Waals surface area contributed by atoms with E-state index in [4.69, 9.17) is 5.73 Å². The minimum Gasteiger partial charge on any atom is -0.404 e. The van der Waals surface area contributed by atoms with Crippen LogP contribution in [0.15, 0.2) is 140 Å². The first-order chi connectivity index (χ1) is 20.3. The van der Waals surface area contributed by atoms with Crippen molar-refractivity contribution in [2.24, 2.45) is 5.73 Å². The summed E-state index contributed by atoms with van der Waals surface area (Å²) >= 11 is 0. The number of hydrogen-bond acceptors (Lipinski definition) is 2. The van der Waals surface area contributed by atoms with Crippen LogP contribution in [0.3, 0.4) is 0 Å². The lowest BCUT2D eigenvalue weighted by Crippen LogP contribution is -2.25. The van der Waals surface area contributed by atoms with Crippen molar-refractivity contribution in [2.45, 2.75) is 33.7 Å². The number of para-hydroxylation sites is 1. The van der Waals surface area contributed by atoms with E-state index in [1.54, 1.807) is 6.20 Å². The van der Waals surface area contributed by atoms with Crippen LogP contribution in [-0.2, 0) is 0 Å². The third-order valence-corrected chi connectivity index (χ3v) is 7.75. The van der Waals surface area contributed by atoms with Gasteiger partial charge in [-0.3, -0.25) is 0 Å². The number of nitrogens with zero attached hydrogens (tertiary/aromatic N) is 1. The van der Waals surface area contributed by atoms with Gasteiger partial charge in [0.2, 0.25) is 0 Å². The van der Waals surface area contributed by atoms with Crippen LogP contribution < -0.4 is 11.1 Å². The van der Waals surface area contributed by atoms with Crippen molar-refractivity contribution < 1.29 is 0 Å². The second kappa shape index (κ2) is 13.6. The van der Waals surface area contributed by atoms with Gasteiger partial charge in [0.15, 0.2) is 0 Å². The fraction of sp³-hybridized carbons (Fsp3) is 0.128. The SMILES string of the molecule is C=C/C(=C\c1c(C)c(C)c(-c2ccc(C(/C=C(\C)C(=C)/C=C\C)=C/N)cc2C=C)n1-c1ccccc1)C1C=CC=CN1. The molecule has 212 valence electrons. The molecule has 1 aliphatic rings. The minimum absolute atomic E-state index is 0.0553. The summed E-state index contributed by atoms with van der Waals surface area (Å²) in [6, 6.07) is 17.0. The van der Waals surface area contributed by atoms with Gasteiger partial charge in [0.25, 0.3) is 0 Å². The number of nitrogens with one attached hydrogen (secondary N) is 1. The molecule has 3 N–H and O–H groups in total. The Hall–Kier alpha value is -5.02. The van der Waals surface area contributed by atoms with Crippen molar-refractivity contribution in [1.82, 2.24) is 9.88 Å². The summed E-state index contributed by atoms with van der Waals surface area (Å²) in [7, 11) is 0. The number of allylic oxidation sites excluding steroid dienone is 8. The summed E-state index contributed by atoms with van der Waals surface area (Å²) in [6.45, 7) is 20.9. The summed E-state index contributed by atoms with van der Waals surface area (Å²) < 4.78 is 2.35. The number of aromatic nitrogens is 1. The molecule has 1 aromatic heterocycles. The minimum atomic E-state index is 0.0553. The number of dihydropyridines is 1. The van der Waals surface area contributed by atoms with Gasteiger partial charge in [-0.15, -0.1) is 0 Å². The Balaban J connectivity index is 1.93. The highest BCUT2D eigenvalue weighted by Crippen LogP contribution is 2.38. The lowest BCUT2D eigenvalue weighted by molar-refractivity contribution is 0.804. The van der Waals surface area contributed by atoms with Crippen molar-refractivity contribution in [1.29, 1.82) is 0 Å². The maximum absolute atomic E-state index is 6.12. The van der Waals surface area contributed by atoms with Crippen LogP contribution in [0.2, 0.25) is 0 Å². The lowest BCUT2D eigenvalue weighted by Gasteiger charge is -2.19. The highest BCUT2D eigenvalue weighted by Gasteiger charge is 2.22. The first-order valence-corrected chi connectivity index (χ1v) is 14.2. The zero-order valence-electron chi connectivity index (χ0n) is 25.2. The molecule has 0 radical (unpaired) electrons. The molecule has 1 unspecified atom stereocenters. The Kier molecular flexibility index (Phi) is 9.67. The second-order valence-corrected chi connectivity index (χ2v) is 10.4. The Morgan fingerprint density at radius 2 is 1.79 bits per heavy atom. The van der Waals surface area contributed by atoms with Gasteiger partial charge in [-0.1, -0.05) is 86.5 Å². The van der Waals surface area contributed by atoms with Gasteiger partial charge in [-0.2, -0.15) is 0 Å². The van der Waals surface area contributed by atoms with E-state index in [-0.39, 0.29) is 6.04 Å². The first-order valence-electron chi connectivity index (χ1n) is 14.2. The molecule has 0 amide bonds. The molecule has 0 saturated carbocycles. The number of benzene rings is 2. The van der Waals surface area contributed by atoms with E-state index in [2.05, 4.69) is 117 Å². The maximum Gasteiger partial charge on any atom is 0.0696 e. The fourth-order valence-electron chi connectivity index (χ4n) is 5.27. The molecule has 2 aromatic carbocycles. The summed E-state index contributed by atoms with van der Waals surface area (Å²) in [5.74, 6) is 0. The van der Waals surface area contributed by atoms with Crippen LogP contribution in [-0.4, -0.2) is 10.6 Å². The zero-order chi connectivity index (χ0) is 30.2. The molecule has 0 bridgehead atoms. The lowest BCUT2D eigenvalue weighted by atomic mass is 9.94. The molecule has 3 aromatic rings. The molecule has 1 aliphatic heterocycles. The predicted molar refractivity (Wildman–Crippen MR) is 184 cm³/mol. The molecular formula is C39H41N3. The molecular weight excluding hydrogens is 510 g/mol. The van der Waals surface area contributed by atoms with E-state index < -0.39 is 0 Å². The Labute approximate surface area is 251 Å². The van der Waals surface area contributed by atoms with Crippen molar-refractivity contribution in [2.75, 3.05) is 0 Å². The van der Waals surface area contributed by atoms with Crippen LogP contribution in [0, 0.1) is 13.8 Å². The van der Waals surface area contributed by atoms with Crippen LogP contribution in [0.25, 0.3) is 34.7 Å². The van der Waals surface area contributed by atoms with Gasteiger partial charge in [-0.05, 0) is 115 Å². The van der Waals surface area contributed by atoms with Crippen LogP contribution in [0.4, 0.5) is 0 Å². The highest BCUT2D eigenvalue weighted by atomic mass is 15.0. The van der Waals surface area contributed by atoms with E-state index in [0.29, 0.717) is 0 Å². The molecule has 0 saturated heterocycles. The fourth-order valence-corrected chi connectivity index (χ4v) is 5.27. The summed E-state index contributed by atoms with van der Waals surface area (Å²) in [5.41, 5.74) is 19.1. The standard InChI is InChI=1S/C39H41N3/c1-8-16-27(4)28(5)23-34(26-40)33-20-21-36(31(9-2)24-33)39-30(7)29(6)38(42(39)35-17-12-11-13-18-35)25-32(10-3)37-19-14-15-22-41-37/h8-26,37,41H,2-4,40H2,1,5-7H3/b16-8-,28-23+,32-25+,34-26+. The number of hydrogen-bond donors (Lipinski definition) is 2. The van der Waals surface area contributed by atoms with Gasteiger partial charge in [-0.25, -0.2) is 0 Å². The van der Waals surface area contributed by atoms with Crippen molar-refractivity contribution in [3.8, 4) is 16.9 Å². The Bertz CT molecular complexity index is 1680. The largest absolute Gasteiger partial charge is 0.404 e. The van der Waals surface area contributed by atoms with E-state index in [9.17, 15) is 0 Å². The number of nitrogens with two attached hydrogens (primary N) is 1. The molecule has 0 spiro atoms. The Morgan fingerprint density at radius 1 is 1.02 bits per heavy atom. The highest BCUT2D eigenvalue weighted by molar-refractivity contribution is 5.84. The van der Waals surface area contributed by atoms with Gasteiger partial charge in [0.1, 0.15) is 0 Å². The van der Waals surface area contributed by atoms with Crippen LogP contribution >= 0.6 is 0 Å². The van der Waals surface area contributed by atoms with Crippen LogP contribution in [0.5, 0.6) is 0 Å². The molecule has 2 heterocycles. The third-order valence-electron chi connectivity index (χ3n) is 7.75. The smallest absolute Gasteiger partial charge is 0.0696 e. The average molecular weight is 552 g/mol. The van der Waals surface area contributed by atoms with Gasteiger partial charge < -0.3 is 15.6 Å².